The number of hydrogen-bond acceptors (Lipinski definition) is 5. The van der Waals surface area contributed by atoms with Crippen molar-refractivity contribution in [2.24, 2.45) is 0 Å². The summed E-state index contributed by atoms with van der Waals surface area (Å²) in [4.78, 5) is 25.3. The number of methoxy groups -OCH3 is 1. The molecule has 0 aliphatic carbocycles. The van der Waals surface area contributed by atoms with Crippen molar-refractivity contribution in [1.82, 2.24) is 0 Å². The zero-order valence-corrected chi connectivity index (χ0v) is 17.2. The maximum Gasteiger partial charge on any atom is 0.343 e. The van der Waals surface area contributed by atoms with Crippen LogP contribution in [-0.2, 0) is 0 Å². The third-order valence-corrected chi connectivity index (χ3v) is 5.03. The van der Waals surface area contributed by atoms with Gasteiger partial charge in [-0.05, 0) is 42.5 Å². The van der Waals surface area contributed by atoms with Crippen molar-refractivity contribution < 1.29 is 18.7 Å². The first-order chi connectivity index (χ1) is 14.5. The van der Waals surface area contributed by atoms with E-state index in [0.717, 1.165) is 0 Å². The van der Waals surface area contributed by atoms with Gasteiger partial charge >= 0.3 is 5.97 Å². The number of halogens is 2. The Kier molecular flexibility index (Phi) is 5.48. The van der Waals surface area contributed by atoms with Crippen LogP contribution >= 0.6 is 23.2 Å². The van der Waals surface area contributed by atoms with Crippen LogP contribution in [0.3, 0.4) is 0 Å². The normalized spacial score (nSPS) is 10.8. The highest BCUT2D eigenvalue weighted by Gasteiger charge is 2.15. The van der Waals surface area contributed by atoms with Gasteiger partial charge in [-0.15, -0.1) is 0 Å². The van der Waals surface area contributed by atoms with Gasteiger partial charge in [0, 0.05) is 16.7 Å². The third kappa shape index (κ3) is 3.90. The summed E-state index contributed by atoms with van der Waals surface area (Å²) in [6, 6.07) is 16.0. The standard InChI is InChI=1S/C23H14Cl2O5/c1-28-15-4-2-3-13(9-15)23(27)30-16-6-8-18-21(11-16)29-12-19(22(18)26)17-7-5-14(24)10-20(17)25/h2-12H,1H3. The van der Waals surface area contributed by atoms with Gasteiger partial charge < -0.3 is 13.9 Å². The summed E-state index contributed by atoms with van der Waals surface area (Å²) in [5.41, 5.74) is 1.19. The van der Waals surface area contributed by atoms with Crippen LogP contribution in [0, 0.1) is 0 Å². The van der Waals surface area contributed by atoms with E-state index in [2.05, 4.69) is 0 Å². The molecular formula is C23H14Cl2O5. The molecule has 3 aromatic carbocycles. The van der Waals surface area contributed by atoms with E-state index in [-0.39, 0.29) is 16.8 Å². The molecular weight excluding hydrogens is 427 g/mol. The molecule has 4 aromatic rings. The van der Waals surface area contributed by atoms with Crippen molar-refractivity contribution in [3.63, 3.8) is 0 Å². The lowest BCUT2D eigenvalue weighted by atomic mass is 10.1. The molecule has 0 N–H and O–H groups in total. The van der Waals surface area contributed by atoms with E-state index in [0.29, 0.717) is 37.9 Å². The van der Waals surface area contributed by atoms with Crippen molar-refractivity contribution in [2.45, 2.75) is 0 Å². The van der Waals surface area contributed by atoms with Gasteiger partial charge in [-0.2, -0.15) is 0 Å². The monoisotopic (exact) mass is 440 g/mol. The molecule has 0 unspecified atom stereocenters. The minimum atomic E-state index is -0.555. The average Bonchev–Trinajstić information content (AvgIpc) is 2.74. The Bertz CT molecular complexity index is 1330. The van der Waals surface area contributed by atoms with Crippen LogP contribution in [0.4, 0.5) is 0 Å². The van der Waals surface area contributed by atoms with E-state index >= 15 is 0 Å². The van der Waals surface area contributed by atoms with Gasteiger partial charge in [-0.1, -0.05) is 35.3 Å². The number of ether oxygens (including phenoxy) is 2. The number of carbonyl (C=O) groups excluding carboxylic acids is 1. The lowest BCUT2D eigenvalue weighted by Gasteiger charge is -2.08. The van der Waals surface area contributed by atoms with Gasteiger partial charge in [-0.25, -0.2) is 4.79 Å². The second kappa shape index (κ2) is 8.22. The molecule has 0 saturated heterocycles. The highest BCUT2D eigenvalue weighted by atomic mass is 35.5. The van der Waals surface area contributed by atoms with E-state index in [1.165, 1.54) is 25.5 Å². The Morgan fingerprint density at radius 3 is 2.53 bits per heavy atom. The van der Waals surface area contributed by atoms with Crippen molar-refractivity contribution in [1.29, 1.82) is 0 Å². The first kappa shape index (κ1) is 20.0. The molecule has 0 aliphatic heterocycles. The van der Waals surface area contributed by atoms with E-state index in [9.17, 15) is 9.59 Å². The summed E-state index contributed by atoms with van der Waals surface area (Å²) >= 11 is 12.1. The Labute approximate surface area is 181 Å². The molecule has 0 bridgehead atoms. The zero-order chi connectivity index (χ0) is 21.3. The summed E-state index contributed by atoms with van der Waals surface area (Å²) in [7, 11) is 1.52. The first-order valence-corrected chi connectivity index (χ1v) is 9.59. The second-order valence-electron chi connectivity index (χ2n) is 6.38. The van der Waals surface area contributed by atoms with Crippen molar-refractivity contribution >= 4 is 40.1 Å². The molecule has 0 radical (unpaired) electrons. The fraction of sp³-hybridized carbons (Fsp3) is 0.0435. The molecule has 30 heavy (non-hydrogen) atoms. The van der Waals surface area contributed by atoms with Gasteiger partial charge in [0.25, 0.3) is 0 Å². The van der Waals surface area contributed by atoms with Gasteiger partial charge in [0.2, 0.25) is 5.43 Å². The van der Waals surface area contributed by atoms with Crippen molar-refractivity contribution in [2.75, 3.05) is 7.11 Å². The van der Waals surface area contributed by atoms with Gasteiger partial charge in [-0.3, -0.25) is 4.79 Å². The average molecular weight is 441 g/mol. The highest BCUT2D eigenvalue weighted by molar-refractivity contribution is 6.36. The third-order valence-electron chi connectivity index (χ3n) is 4.48. The Hall–Kier alpha value is -3.28. The summed E-state index contributed by atoms with van der Waals surface area (Å²) in [6.45, 7) is 0. The Morgan fingerprint density at radius 1 is 0.933 bits per heavy atom. The second-order valence-corrected chi connectivity index (χ2v) is 7.23. The number of carbonyl (C=O) groups is 1. The molecule has 4 rings (SSSR count). The minimum Gasteiger partial charge on any atom is -0.497 e. The summed E-state index contributed by atoms with van der Waals surface area (Å²) in [6.07, 6.45) is 1.33. The fourth-order valence-corrected chi connectivity index (χ4v) is 3.49. The maximum atomic E-state index is 12.9. The van der Waals surface area contributed by atoms with E-state index in [4.69, 9.17) is 37.1 Å². The van der Waals surface area contributed by atoms with Crippen molar-refractivity contribution in [3.05, 3.63) is 92.8 Å². The predicted molar refractivity (Wildman–Crippen MR) is 116 cm³/mol. The quantitative estimate of drug-likeness (QED) is 0.287. The van der Waals surface area contributed by atoms with E-state index < -0.39 is 5.97 Å². The molecule has 150 valence electrons. The van der Waals surface area contributed by atoms with Gasteiger partial charge in [0.05, 0.1) is 28.6 Å². The number of esters is 1. The van der Waals surface area contributed by atoms with Gasteiger partial charge in [0.15, 0.2) is 0 Å². The van der Waals surface area contributed by atoms with Crippen molar-refractivity contribution in [3.8, 4) is 22.6 Å². The first-order valence-electron chi connectivity index (χ1n) is 8.83. The molecule has 0 spiro atoms. The number of hydrogen-bond donors (Lipinski definition) is 0. The summed E-state index contributed by atoms with van der Waals surface area (Å²) in [5, 5.41) is 1.15. The molecule has 0 saturated carbocycles. The van der Waals surface area contributed by atoms with Crippen LogP contribution in [0.15, 0.2) is 76.1 Å². The maximum absolute atomic E-state index is 12.9. The zero-order valence-electron chi connectivity index (χ0n) is 15.6. The molecule has 5 nitrogen and oxygen atoms in total. The molecule has 0 fully saturated rings. The molecule has 1 aromatic heterocycles. The van der Waals surface area contributed by atoms with Crippen LogP contribution < -0.4 is 14.9 Å². The molecule has 0 aliphatic rings. The Morgan fingerprint density at radius 2 is 1.77 bits per heavy atom. The molecule has 0 atom stereocenters. The molecule has 0 amide bonds. The highest BCUT2D eigenvalue weighted by Crippen LogP contribution is 2.30. The van der Waals surface area contributed by atoms with Crippen LogP contribution in [0.5, 0.6) is 11.5 Å². The number of fused-ring (bicyclic) bond motifs is 1. The van der Waals surface area contributed by atoms with Crippen LogP contribution in [-0.4, -0.2) is 13.1 Å². The lowest BCUT2D eigenvalue weighted by molar-refractivity contribution is 0.0734. The molecule has 1 heterocycles. The van der Waals surface area contributed by atoms with Crippen LogP contribution in [0.1, 0.15) is 10.4 Å². The summed E-state index contributed by atoms with van der Waals surface area (Å²) in [5.74, 6) is 0.234. The number of benzene rings is 3. The predicted octanol–water partition coefficient (Wildman–Crippen LogP) is 5.99. The largest absolute Gasteiger partial charge is 0.497 e. The van der Waals surface area contributed by atoms with E-state index in [1.54, 1.807) is 48.5 Å². The SMILES string of the molecule is COc1cccc(C(=O)Oc2ccc3c(=O)c(-c4ccc(Cl)cc4Cl)coc3c2)c1. The van der Waals surface area contributed by atoms with Crippen LogP contribution in [0.25, 0.3) is 22.1 Å². The molecule has 7 heteroatoms. The Balaban J connectivity index is 1.67. The fourth-order valence-electron chi connectivity index (χ4n) is 2.98. The van der Waals surface area contributed by atoms with E-state index in [1.807, 2.05) is 0 Å². The van der Waals surface area contributed by atoms with Crippen LogP contribution in [0.2, 0.25) is 10.0 Å². The number of rotatable bonds is 4. The van der Waals surface area contributed by atoms with Gasteiger partial charge in [0.1, 0.15) is 23.3 Å². The summed E-state index contributed by atoms with van der Waals surface area (Å²) < 4.78 is 16.1. The minimum absolute atomic E-state index is 0.246. The smallest absolute Gasteiger partial charge is 0.343 e. The topological polar surface area (TPSA) is 65.7 Å². The lowest BCUT2D eigenvalue weighted by Crippen LogP contribution is -2.09.